The first kappa shape index (κ1) is 16.3. The lowest BCUT2D eigenvalue weighted by atomic mass is 9.88. The fourth-order valence-electron chi connectivity index (χ4n) is 2.92. The van der Waals surface area contributed by atoms with E-state index in [1.807, 2.05) is 7.05 Å². The summed E-state index contributed by atoms with van der Waals surface area (Å²) in [7, 11) is 2.04. The van der Waals surface area contributed by atoms with Crippen LogP contribution < -0.4 is 5.32 Å². The van der Waals surface area contributed by atoms with Crippen molar-refractivity contribution in [2.45, 2.75) is 26.7 Å². The van der Waals surface area contributed by atoms with Crippen LogP contribution in [0.3, 0.4) is 0 Å². The van der Waals surface area contributed by atoms with Crippen molar-refractivity contribution in [3.05, 3.63) is 69.2 Å². The van der Waals surface area contributed by atoms with Crippen molar-refractivity contribution < 1.29 is 0 Å². The smallest absolute Gasteiger partial charge is 0.0175 e. The molecule has 0 spiro atoms. The third kappa shape index (κ3) is 4.69. The largest absolute Gasteiger partial charge is 0.319 e. The fraction of sp³-hybridized carbons (Fsp3) is 0.368. The molecule has 0 aliphatic rings. The Bertz CT molecular complexity index is 554. The maximum Gasteiger partial charge on any atom is 0.0175 e. The van der Waals surface area contributed by atoms with Crippen LogP contribution in [0.15, 0.2) is 46.9 Å². The van der Waals surface area contributed by atoms with Crippen LogP contribution in [0.2, 0.25) is 0 Å². The van der Waals surface area contributed by atoms with Crippen LogP contribution in [-0.4, -0.2) is 13.6 Å². The van der Waals surface area contributed by atoms with Gasteiger partial charge in [0, 0.05) is 4.47 Å². The Morgan fingerprint density at radius 1 is 0.952 bits per heavy atom. The van der Waals surface area contributed by atoms with E-state index >= 15 is 0 Å². The fourth-order valence-corrected chi connectivity index (χ4v) is 3.18. The van der Waals surface area contributed by atoms with Crippen molar-refractivity contribution in [1.29, 1.82) is 0 Å². The SMILES string of the molecule is CNCC(Cc1ccc(Br)cc1)Cc1c(C)cccc1C. The second-order valence-electron chi connectivity index (χ2n) is 5.83. The third-order valence-electron chi connectivity index (χ3n) is 4.07. The van der Waals surface area contributed by atoms with Crippen molar-refractivity contribution in [2.24, 2.45) is 5.92 Å². The predicted molar refractivity (Wildman–Crippen MR) is 94.9 cm³/mol. The number of halogens is 1. The molecule has 0 saturated heterocycles. The minimum Gasteiger partial charge on any atom is -0.319 e. The summed E-state index contributed by atoms with van der Waals surface area (Å²) in [6.07, 6.45) is 2.25. The minimum atomic E-state index is 0.621. The summed E-state index contributed by atoms with van der Waals surface area (Å²) >= 11 is 3.50. The number of hydrogen-bond donors (Lipinski definition) is 1. The first-order chi connectivity index (χ1) is 10.1. The van der Waals surface area contributed by atoms with E-state index in [-0.39, 0.29) is 0 Å². The van der Waals surface area contributed by atoms with Crippen LogP contribution >= 0.6 is 15.9 Å². The molecule has 0 fully saturated rings. The van der Waals surface area contributed by atoms with Gasteiger partial charge in [-0.25, -0.2) is 0 Å². The van der Waals surface area contributed by atoms with E-state index in [1.54, 1.807) is 0 Å². The highest BCUT2D eigenvalue weighted by atomic mass is 79.9. The normalized spacial score (nSPS) is 12.4. The highest BCUT2D eigenvalue weighted by Gasteiger charge is 2.13. The van der Waals surface area contributed by atoms with Crippen LogP contribution in [0.25, 0.3) is 0 Å². The molecule has 112 valence electrons. The molecular formula is C19H24BrN. The van der Waals surface area contributed by atoms with E-state index in [2.05, 4.69) is 77.6 Å². The van der Waals surface area contributed by atoms with Gasteiger partial charge in [-0.15, -0.1) is 0 Å². The topological polar surface area (TPSA) is 12.0 Å². The lowest BCUT2D eigenvalue weighted by Crippen LogP contribution is -2.23. The molecule has 2 heteroatoms. The number of aryl methyl sites for hydroxylation is 2. The van der Waals surface area contributed by atoms with E-state index in [0.29, 0.717) is 5.92 Å². The van der Waals surface area contributed by atoms with Gasteiger partial charge in [0.15, 0.2) is 0 Å². The van der Waals surface area contributed by atoms with Gasteiger partial charge in [-0.1, -0.05) is 46.3 Å². The van der Waals surface area contributed by atoms with Crippen LogP contribution in [0.4, 0.5) is 0 Å². The van der Waals surface area contributed by atoms with E-state index in [4.69, 9.17) is 0 Å². The van der Waals surface area contributed by atoms with Gasteiger partial charge in [0.05, 0.1) is 0 Å². The molecule has 0 amide bonds. The van der Waals surface area contributed by atoms with Crippen molar-refractivity contribution in [3.63, 3.8) is 0 Å². The summed E-state index contributed by atoms with van der Waals surface area (Å²) in [6, 6.07) is 15.3. The minimum absolute atomic E-state index is 0.621. The number of benzene rings is 2. The first-order valence-electron chi connectivity index (χ1n) is 7.54. The molecule has 0 aliphatic carbocycles. The number of nitrogens with one attached hydrogen (secondary N) is 1. The lowest BCUT2D eigenvalue weighted by molar-refractivity contribution is 0.491. The summed E-state index contributed by atoms with van der Waals surface area (Å²) in [5, 5.41) is 3.35. The Kier molecular flexibility index (Phi) is 6.01. The lowest BCUT2D eigenvalue weighted by Gasteiger charge is -2.19. The zero-order valence-corrected chi connectivity index (χ0v) is 14.7. The molecule has 1 unspecified atom stereocenters. The van der Waals surface area contributed by atoms with Crippen LogP contribution in [0.5, 0.6) is 0 Å². The van der Waals surface area contributed by atoms with Gasteiger partial charge in [-0.3, -0.25) is 0 Å². The highest BCUT2D eigenvalue weighted by Crippen LogP contribution is 2.21. The Hall–Kier alpha value is -1.12. The molecule has 0 saturated carbocycles. The van der Waals surface area contributed by atoms with E-state index in [9.17, 15) is 0 Å². The van der Waals surface area contributed by atoms with Gasteiger partial charge < -0.3 is 5.32 Å². The molecule has 21 heavy (non-hydrogen) atoms. The van der Waals surface area contributed by atoms with Gasteiger partial charge >= 0.3 is 0 Å². The molecule has 1 nitrogen and oxygen atoms in total. The average molecular weight is 346 g/mol. The monoisotopic (exact) mass is 345 g/mol. The molecule has 0 aromatic heterocycles. The summed E-state index contributed by atoms with van der Waals surface area (Å²) in [4.78, 5) is 0. The van der Waals surface area contributed by atoms with Crippen LogP contribution in [-0.2, 0) is 12.8 Å². The molecule has 1 N–H and O–H groups in total. The van der Waals surface area contributed by atoms with Gasteiger partial charge in [0.1, 0.15) is 0 Å². The summed E-state index contributed by atoms with van der Waals surface area (Å²) in [6.45, 7) is 5.49. The predicted octanol–water partition coefficient (Wildman–Crippen LogP) is 4.69. The molecule has 2 aromatic rings. The molecule has 2 aromatic carbocycles. The standard InChI is InChI=1S/C19H24BrN/c1-14-5-4-6-15(2)19(14)12-17(13-21-3)11-16-7-9-18(20)10-8-16/h4-10,17,21H,11-13H2,1-3H3. The molecule has 2 rings (SSSR count). The van der Waals surface area contributed by atoms with Crippen molar-refractivity contribution >= 4 is 15.9 Å². The van der Waals surface area contributed by atoms with Gasteiger partial charge in [0.2, 0.25) is 0 Å². The molecular weight excluding hydrogens is 322 g/mol. The Labute approximate surface area is 136 Å². The second kappa shape index (κ2) is 7.77. The molecule has 0 bridgehead atoms. The maximum absolute atomic E-state index is 3.50. The van der Waals surface area contributed by atoms with Crippen LogP contribution in [0.1, 0.15) is 22.3 Å². The number of hydrogen-bond acceptors (Lipinski definition) is 1. The average Bonchev–Trinajstić information content (AvgIpc) is 2.45. The van der Waals surface area contributed by atoms with E-state index in [1.165, 1.54) is 22.3 Å². The quantitative estimate of drug-likeness (QED) is 0.800. The highest BCUT2D eigenvalue weighted by molar-refractivity contribution is 9.10. The van der Waals surface area contributed by atoms with Gasteiger partial charge in [-0.05, 0) is 80.6 Å². The third-order valence-corrected chi connectivity index (χ3v) is 4.60. The summed E-state index contributed by atoms with van der Waals surface area (Å²) in [5.41, 5.74) is 5.73. The Morgan fingerprint density at radius 3 is 2.14 bits per heavy atom. The maximum atomic E-state index is 3.50. The van der Waals surface area contributed by atoms with Crippen LogP contribution in [0, 0.1) is 19.8 Å². The molecule has 0 radical (unpaired) electrons. The van der Waals surface area contributed by atoms with E-state index < -0.39 is 0 Å². The Morgan fingerprint density at radius 2 is 1.57 bits per heavy atom. The first-order valence-corrected chi connectivity index (χ1v) is 8.33. The zero-order chi connectivity index (χ0) is 15.2. The molecule has 0 heterocycles. The van der Waals surface area contributed by atoms with E-state index in [0.717, 1.165) is 23.9 Å². The van der Waals surface area contributed by atoms with Crippen molar-refractivity contribution in [2.75, 3.05) is 13.6 Å². The van der Waals surface area contributed by atoms with Gasteiger partial charge in [-0.2, -0.15) is 0 Å². The molecule has 0 aliphatic heterocycles. The van der Waals surface area contributed by atoms with Gasteiger partial charge in [0.25, 0.3) is 0 Å². The Balaban J connectivity index is 2.13. The van der Waals surface area contributed by atoms with Crippen molar-refractivity contribution in [3.8, 4) is 0 Å². The van der Waals surface area contributed by atoms with Crippen molar-refractivity contribution in [1.82, 2.24) is 5.32 Å². The zero-order valence-electron chi connectivity index (χ0n) is 13.1. The molecule has 1 atom stereocenters. The summed E-state index contributed by atoms with van der Waals surface area (Å²) < 4.78 is 1.14. The summed E-state index contributed by atoms with van der Waals surface area (Å²) in [5.74, 6) is 0.621. The number of rotatable bonds is 6. The second-order valence-corrected chi connectivity index (χ2v) is 6.74.